The molecule has 3 aromatic rings. The van der Waals surface area contributed by atoms with E-state index in [0.717, 1.165) is 34.5 Å². The Morgan fingerprint density at radius 3 is 2.22 bits per heavy atom. The van der Waals surface area contributed by atoms with Crippen molar-refractivity contribution >= 4 is 23.2 Å². The third-order valence-electron chi connectivity index (χ3n) is 4.00. The fourth-order valence-corrected chi connectivity index (χ4v) is 2.83. The molecule has 0 aliphatic heterocycles. The zero-order valence-corrected chi connectivity index (χ0v) is 15.1. The summed E-state index contributed by atoms with van der Waals surface area (Å²) in [5.74, 6) is -2.24. The van der Waals surface area contributed by atoms with Crippen LogP contribution in [-0.2, 0) is 0 Å². The van der Waals surface area contributed by atoms with Crippen LogP contribution in [0.25, 0.3) is 0 Å². The van der Waals surface area contributed by atoms with Gasteiger partial charge in [-0.1, -0.05) is 23.8 Å². The number of para-hydroxylation sites is 1. The monoisotopic (exact) mass is 368 g/mol. The van der Waals surface area contributed by atoms with Crippen LogP contribution in [0.15, 0.2) is 42.6 Å². The number of aromatic nitrogens is 2. The molecule has 0 saturated heterocycles. The van der Waals surface area contributed by atoms with Crippen molar-refractivity contribution < 1.29 is 13.6 Å². The van der Waals surface area contributed by atoms with Gasteiger partial charge in [0.05, 0.1) is 0 Å². The average molecular weight is 368 g/mol. The standard InChI is InChI=1S/C20H18F2N4O/c1-11-9-12(2)17(13(3)10-11)26-20-23-8-7-16(24-20)19(27)25-18-14(21)5-4-6-15(18)22/h4-10H,1-3H3,(H,25,27)(H,23,24,26). The molecule has 0 bridgehead atoms. The highest BCUT2D eigenvalue weighted by Gasteiger charge is 2.15. The van der Waals surface area contributed by atoms with Crippen molar-refractivity contribution in [2.45, 2.75) is 20.8 Å². The summed E-state index contributed by atoms with van der Waals surface area (Å²) >= 11 is 0. The molecule has 138 valence electrons. The SMILES string of the molecule is Cc1cc(C)c(Nc2nccc(C(=O)Nc3c(F)cccc3F)n2)c(C)c1. The minimum Gasteiger partial charge on any atom is -0.324 e. The first kappa shape index (κ1) is 18.4. The quantitative estimate of drug-likeness (QED) is 0.702. The summed E-state index contributed by atoms with van der Waals surface area (Å²) < 4.78 is 27.4. The first-order chi connectivity index (χ1) is 12.8. The molecule has 0 atom stereocenters. The van der Waals surface area contributed by atoms with Crippen molar-refractivity contribution in [2.75, 3.05) is 10.6 Å². The lowest BCUT2D eigenvalue weighted by molar-refractivity contribution is 0.102. The highest BCUT2D eigenvalue weighted by atomic mass is 19.1. The Morgan fingerprint density at radius 2 is 1.59 bits per heavy atom. The van der Waals surface area contributed by atoms with Crippen molar-refractivity contribution in [2.24, 2.45) is 0 Å². The molecule has 1 amide bonds. The number of carbonyl (C=O) groups excluding carboxylic acids is 1. The summed E-state index contributed by atoms with van der Waals surface area (Å²) in [6, 6.07) is 8.76. The molecule has 0 fully saturated rings. The van der Waals surface area contributed by atoms with E-state index in [-0.39, 0.29) is 11.6 Å². The largest absolute Gasteiger partial charge is 0.324 e. The van der Waals surface area contributed by atoms with Crippen LogP contribution >= 0.6 is 0 Å². The predicted octanol–water partition coefficient (Wildman–Crippen LogP) is 4.68. The number of carbonyl (C=O) groups is 1. The Balaban J connectivity index is 1.85. The van der Waals surface area contributed by atoms with Gasteiger partial charge in [-0.25, -0.2) is 18.7 Å². The molecule has 0 aliphatic carbocycles. The second-order valence-electron chi connectivity index (χ2n) is 6.21. The molecule has 1 aromatic heterocycles. The van der Waals surface area contributed by atoms with Crippen LogP contribution in [0.2, 0.25) is 0 Å². The number of benzene rings is 2. The molecule has 0 spiro atoms. The molecule has 2 N–H and O–H groups in total. The number of halogens is 2. The second kappa shape index (κ2) is 7.49. The summed E-state index contributed by atoms with van der Waals surface area (Å²) in [5.41, 5.74) is 3.48. The van der Waals surface area contributed by atoms with Crippen molar-refractivity contribution in [1.82, 2.24) is 9.97 Å². The van der Waals surface area contributed by atoms with E-state index in [4.69, 9.17) is 0 Å². The van der Waals surface area contributed by atoms with Gasteiger partial charge in [0.2, 0.25) is 5.95 Å². The van der Waals surface area contributed by atoms with Gasteiger partial charge in [0, 0.05) is 11.9 Å². The van der Waals surface area contributed by atoms with Crippen LogP contribution in [-0.4, -0.2) is 15.9 Å². The maximum Gasteiger partial charge on any atom is 0.274 e. The summed E-state index contributed by atoms with van der Waals surface area (Å²) in [6.45, 7) is 5.92. The number of rotatable bonds is 4. The van der Waals surface area contributed by atoms with Crippen LogP contribution in [0.5, 0.6) is 0 Å². The molecular formula is C20H18F2N4O. The van der Waals surface area contributed by atoms with E-state index in [9.17, 15) is 13.6 Å². The highest BCUT2D eigenvalue weighted by molar-refractivity contribution is 6.03. The minimum atomic E-state index is -0.860. The fourth-order valence-electron chi connectivity index (χ4n) is 2.83. The van der Waals surface area contributed by atoms with Gasteiger partial charge in [-0.05, 0) is 50.1 Å². The van der Waals surface area contributed by atoms with Crippen LogP contribution in [0, 0.1) is 32.4 Å². The molecule has 1 heterocycles. The topological polar surface area (TPSA) is 66.9 Å². The molecule has 7 heteroatoms. The van der Waals surface area contributed by atoms with E-state index in [1.807, 2.05) is 32.9 Å². The lowest BCUT2D eigenvalue weighted by Gasteiger charge is -2.13. The van der Waals surface area contributed by atoms with Crippen LogP contribution in [0.3, 0.4) is 0 Å². The maximum atomic E-state index is 13.7. The van der Waals surface area contributed by atoms with Crippen LogP contribution in [0.4, 0.5) is 26.1 Å². The number of amides is 1. The van der Waals surface area contributed by atoms with Gasteiger partial charge in [0.25, 0.3) is 5.91 Å². The van der Waals surface area contributed by atoms with Gasteiger partial charge in [-0.15, -0.1) is 0 Å². The third-order valence-corrected chi connectivity index (χ3v) is 4.00. The Labute approximate surface area is 155 Å². The summed E-state index contributed by atoms with van der Waals surface area (Å²) in [7, 11) is 0. The van der Waals surface area contributed by atoms with Crippen molar-refractivity contribution in [3.63, 3.8) is 0 Å². The molecule has 5 nitrogen and oxygen atoms in total. The summed E-state index contributed by atoms with van der Waals surface area (Å²) in [6.07, 6.45) is 1.40. The molecule has 0 aliphatic rings. The molecule has 27 heavy (non-hydrogen) atoms. The van der Waals surface area contributed by atoms with E-state index in [1.54, 1.807) is 0 Å². The number of nitrogens with one attached hydrogen (secondary N) is 2. The van der Waals surface area contributed by atoms with Gasteiger partial charge in [0.1, 0.15) is 23.0 Å². The lowest BCUT2D eigenvalue weighted by Crippen LogP contribution is -2.16. The molecular weight excluding hydrogens is 350 g/mol. The Hall–Kier alpha value is -3.35. The normalized spacial score (nSPS) is 10.6. The van der Waals surface area contributed by atoms with Gasteiger partial charge < -0.3 is 10.6 Å². The van der Waals surface area contributed by atoms with Crippen molar-refractivity contribution in [3.05, 3.63) is 76.6 Å². The van der Waals surface area contributed by atoms with E-state index in [1.165, 1.54) is 18.3 Å². The Kier molecular flexibility index (Phi) is 5.12. The lowest BCUT2D eigenvalue weighted by atomic mass is 10.1. The molecule has 0 saturated carbocycles. The number of nitrogens with zero attached hydrogens (tertiary/aromatic N) is 2. The van der Waals surface area contributed by atoms with E-state index >= 15 is 0 Å². The van der Waals surface area contributed by atoms with Crippen LogP contribution < -0.4 is 10.6 Å². The van der Waals surface area contributed by atoms with E-state index < -0.39 is 23.2 Å². The maximum absolute atomic E-state index is 13.7. The first-order valence-corrected chi connectivity index (χ1v) is 8.28. The fraction of sp³-hybridized carbons (Fsp3) is 0.150. The molecule has 0 radical (unpaired) electrons. The smallest absolute Gasteiger partial charge is 0.274 e. The third kappa shape index (κ3) is 4.08. The van der Waals surface area contributed by atoms with E-state index in [0.29, 0.717) is 0 Å². The number of aryl methyl sites for hydroxylation is 3. The van der Waals surface area contributed by atoms with Gasteiger partial charge >= 0.3 is 0 Å². The summed E-state index contributed by atoms with van der Waals surface area (Å²) in [5, 5.41) is 5.31. The zero-order valence-electron chi connectivity index (χ0n) is 15.1. The molecule has 2 aromatic carbocycles. The number of hydrogen-bond acceptors (Lipinski definition) is 4. The number of anilines is 3. The molecule has 0 unspecified atom stereocenters. The van der Waals surface area contributed by atoms with Crippen molar-refractivity contribution in [1.29, 1.82) is 0 Å². The molecule has 3 rings (SSSR count). The first-order valence-electron chi connectivity index (χ1n) is 8.28. The Bertz CT molecular complexity index is 977. The number of hydrogen-bond donors (Lipinski definition) is 2. The minimum absolute atomic E-state index is 0.0161. The van der Waals surface area contributed by atoms with Gasteiger partial charge in [0.15, 0.2) is 0 Å². The van der Waals surface area contributed by atoms with Gasteiger partial charge in [-0.2, -0.15) is 0 Å². The van der Waals surface area contributed by atoms with Gasteiger partial charge in [-0.3, -0.25) is 4.79 Å². The Morgan fingerprint density at radius 1 is 0.963 bits per heavy atom. The predicted molar refractivity (Wildman–Crippen MR) is 100 cm³/mol. The zero-order chi connectivity index (χ0) is 19.6. The average Bonchev–Trinajstić information content (AvgIpc) is 2.61. The summed E-state index contributed by atoms with van der Waals surface area (Å²) in [4.78, 5) is 20.6. The van der Waals surface area contributed by atoms with Crippen molar-refractivity contribution in [3.8, 4) is 0 Å². The van der Waals surface area contributed by atoms with Crippen LogP contribution in [0.1, 0.15) is 27.2 Å². The van der Waals surface area contributed by atoms with E-state index in [2.05, 4.69) is 20.6 Å². The highest BCUT2D eigenvalue weighted by Crippen LogP contribution is 2.24. The second-order valence-corrected chi connectivity index (χ2v) is 6.21.